The molecule has 1 aromatic heterocycles. The van der Waals surface area contributed by atoms with Gasteiger partial charge in [-0.2, -0.15) is 0 Å². The molecule has 168 valence electrons. The largest absolute Gasteiger partial charge is 0.345 e. The number of nitrogens with zero attached hydrogens (tertiary/aromatic N) is 4. The zero-order valence-electron chi connectivity index (χ0n) is 18.7. The quantitative estimate of drug-likeness (QED) is 0.616. The summed E-state index contributed by atoms with van der Waals surface area (Å²) < 4.78 is 15.5. The second-order valence-corrected chi connectivity index (χ2v) is 8.82. The lowest BCUT2D eigenvalue weighted by atomic mass is 10.0. The van der Waals surface area contributed by atoms with Crippen LogP contribution in [0.2, 0.25) is 0 Å². The summed E-state index contributed by atoms with van der Waals surface area (Å²) in [7, 11) is 0. The molecule has 6 nitrogen and oxygen atoms in total. The van der Waals surface area contributed by atoms with E-state index in [1.165, 1.54) is 29.3 Å². The van der Waals surface area contributed by atoms with Gasteiger partial charge in [-0.05, 0) is 41.7 Å². The molecule has 32 heavy (non-hydrogen) atoms. The van der Waals surface area contributed by atoms with Gasteiger partial charge in [0, 0.05) is 38.2 Å². The molecule has 0 unspecified atom stereocenters. The first-order chi connectivity index (χ1) is 15.5. The maximum atomic E-state index is 13.4. The van der Waals surface area contributed by atoms with E-state index in [1.807, 2.05) is 0 Å². The molecule has 0 saturated heterocycles. The van der Waals surface area contributed by atoms with Crippen LogP contribution in [-0.4, -0.2) is 38.7 Å². The van der Waals surface area contributed by atoms with Gasteiger partial charge in [-0.15, -0.1) is 10.2 Å². The molecule has 1 amide bonds. The molecule has 0 saturated carbocycles. The molecule has 4 rings (SSSR count). The van der Waals surface area contributed by atoms with Crippen LogP contribution in [0.4, 0.5) is 4.39 Å². The summed E-state index contributed by atoms with van der Waals surface area (Å²) in [5.41, 5.74) is 3.00. The van der Waals surface area contributed by atoms with Crippen LogP contribution in [0.15, 0.2) is 48.5 Å². The Balaban J connectivity index is 1.33. The molecule has 1 N–H and O–H groups in total. The predicted octanol–water partition coefficient (Wildman–Crippen LogP) is 3.60. The number of benzene rings is 2. The number of carbonyl (C=O) groups is 1. The van der Waals surface area contributed by atoms with E-state index in [0.29, 0.717) is 11.5 Å². The van der Waals surface area contributed by atoms with Crippen molar-refractivity contribution in [3.8, 4) is 0 Å². The summed E-state index contributed by atoms with van der Waals surface area (Å²) in [6, 6.07) is 14.6. The van der Waals surface area contributed by atoms with Gasteiger partial charge < -0.3 is 9.88 Å². The Morgan fingerprint density at radius 2 is 1.84 bits per heavy atom. The highest BCUT2D eigenvalue weighted by atomic mass is 19.1. The molecule has 0 spiro atoms. The van der Waals surface area contributed by atoms with Crippen molar-refractivity contribution in [2.24, 2.45) is 5.92 Å². The van der Waals surface area contributed by atoms with E-state index in [9.17, 15) is 9.18 Å². The Kier molecular flexibility index (Phi) is 6.95. The number of aromatic nitrogens is 3. The van der Waals surface area contributed by atoms with Crippen molar-refractivity contribution >= 4 is 5.91 Å². The number of rotatable bonds is 7. The highest BCUT2D eigenvalue weighted by Gasteiger charge is 2.19. The van der Waals surface area contributed by atoms with Crippen molar-refractivity contribution < 1.29 is 9.18 Å². The molecular weight excluding hydrogens is 405 g/mol. The molecule has 1 aliphatic rings. The number of hydrogen-bond acceptors (Lipinski definition) is 4. The van der Waals surface area contributed by atoms with Crippen molar-refractivity contribution in [3.63, 3.8) is 0 Å². The second kappa shape index (κ2) is 10.0. The molecular formula is C25H30FN5O. The summed E-state index contributed by atoms with van der Waals surface area (Å²) in [4.78, 5) is 14.8. The van der Waals surface area contributed by atoms with Crippen LogP contribution < -0.4 is 5.32 Å². The Hall–Kier alpha value is -3.06. The van der Waals surface area contributed by atoms with Gasteiger partial charge in [-0.25, -0.2) is 4.39 Å². The van der Waals surface area contributed by atoms with Crippen LogP contribution in [0.25, 0.3) is 0 Å². The van der Waals surface area contributed by atoms with Gasteiger partial charge in [-0.3, -0.25) is 9.69 Å². The van der Waals surface area contributed by atoms with E-state index in [4.69, 9.17) is 0 Å². The first kappa shape index (κ1) is 22.1. The third-order valence-electron chi connectivity index (χ3n) is 5.76. The molecule has 0 bridgehead atoms. The third kappa shape index (κ3) is 5.59. The van der Waals surface area contributed by atoms with Gasteiger partial charge in [0.15, 0.2) is 5.82 Å². The van der Waals surface area contributed by atoms with Gasteiger partial charge in [0.2, 0.25) is 0 Å². The van der Waals surface area contributed by atoms with E-state index in [0.717, 1.165) is 50.7 Å². The smallest absolute Gasteiger partial charge is 0.251 e. The fraction of sp³-hybridized carbons (Fsp3) is 0.400. The van der Waals surface area contributed by atoms with Crippen LogP contribution in [0.5, 0.6) is 0 Å². The second-order valence-electron chi connectivity index (χ2n) is 8.82. The molecule has 0 aliphatic carbocycles. The fourth-order valence-electron chi connectivity index (χ4n) is 4.12. The fourth-order valence-corrected chi connectivity index (χ4v) is 4.12. The first-order valence-corrected chi connectivity index (χ1v) is 11.2. The normalized spacial score (nSPS) is 14.2. The Labute approximate surface area is 188 Å². The highest BCUT2D eigenvalue weighted by molar-refractivity contribution is 5.94. The van der Waals surface area contributed by atoms with Crippen molar-refractivity contribution in [1.82, 2.24) is 25.0 Å². The third-order valence-corrected chi connectivity index (χ3v) is 5.76. The Morgan fingerprint density at radius 1 is 1.06 bits per heavy atom. The minimum Gasteiger partial charge on any atom is -0.345 e. The number of carbonyl (C=O) groups excluding carboxylic acids is 1. The van der Waals surface area contributed by atoms with E-state index in [-0.39, 0.29) is 12.5 Å². The summed E-state index contributed by atoms with van der Waals surface area (Å²) in [6.45, 7) is 8.24. The van der Waals surface area contributed by atoms with Crippen molar-refractivity contribution in [2.45, 2.75) is 46.3 Å². The monoisotopic (exact) mass is 435 g/mol. The van der Waals surface area contributed by atoms with Crippen LogP contribution in [0.3, 0.4) is 0 Å². The van der Waals surface area contributed by atoms with E-state index in [1.54, 1.807) is 6.07 Å². The molecule has 2 heterocycles. The van der Waals surface area contributed by atoms with Gasteiger partial charge >= 0.3 is 0 Å². The number of hydrogen-bond donors (Lipinski definition) is 1. The van der Waals surface area contributed by atoms with Crippen molar-refractivity contribution in [2.75, 3.05) is 13.1 Å². The summed E-state index contributed by atoms with van der Waals surface area (Å²) in [6.07, 6.45) is 1.92. The molecule has 1 aliphatic heterocycles. The minimum absolute atomic E-state index is 0.264. The van der Waals surface area contributed by atoms with Gasteiger partial charge in [0.05, 0.1) is 6.54 Å². The standard InChI is InChI=1S/C25H30FN5O/c1-18(2)14-19-6-8-20(9-7-19)17-30-11-10-23-28-29-24(31(23)13-12-30)16-27-25(32)21-4-3-5-22(26)15-21/h3-9,15,18H,10-14,16-17H2,1-2H3,(H,27,32). The average Bonchev–Trinajstić information content (AvgIpc) is 3.05. The highest BCUT2D eigenvalue weighted by Crippen LogP contribution is 2.15. The molecule has 3 aromatic rings. The number of amides is 1. The molecule has 0 atom stereocenters. The zero-order valence-corrected chi connectivity index (χ0v) is 18.7. The predicted molar refractivity (Wildman–Crippen MR) is 122 cm³/mol. The van der Waals surface area contributed by atoms with Crippen molar-refractivity contribution in [1.29, 1.82) is 0 Å². The minimum atomic E-state index is -0.427. The topological polar surface area (TPSA) is 63.1 Å². The Bertz CT molecular complexity index is 1060. The van der Waals surface area contributed by atoms with Gasteiger partial charge in [0.1, 0.15) is 11.6 Å². The van der Waals surface area contributed by atoms with E-state index < -0.39 is 5.82 Å². The maximum Gasteiger partial charge on any atom is 0.251 e. The molecule has 7 heteroatoms. The maximum absolute atomic E-state index is 13.4. The van der Waals surface area contributed by atoms with E-state index in [2.05, 4.69) is 63.1 Å². The van der Waals surface area contributed by atoms with Crippen molar-refractivity contribution in [3.05, 3.63) is 82.7 Å². The van der Waals surface area contributed by atoms with Gasteiger partial charge in [-0.1, -0.05) is 44.2 Å². The number of nitrogens with one attached hydrogen (secondary N) is 1. The molecule has 0 fully saturated rings. The SMILES string of the molecule is CC(C)Cc1ccc(CN2CCc3nnc(CNC(=O)c4cccc(F)c4)n3CC2)cc1. The summed E-state index contributed by atoms with van der Waals surface area (Å²) in [5, 5.41) is 11.4. The van der Waals surface area contributed by atoms with Gasteiger partial charge in [0.25, 0.3) is 5.91 Å². The van der Waals surface area contributed by atoms with E-state index >= 15 is 0 Å². The van der Waals surface area contributed by atoms with Crippen LogP contribution in [-0.2, 0) is 32.5 Å². The zero-order chi connectivity index (χ0) is 22.5. The van der Waals surface area contributed by atoms with Crippen LogP contribution in [0.1, 0.15) is 47.0 Å². The molecule has 0 radical (unpaired) electrons. The van der Waals surface area contributed by atoms with Crippen LogP contribution >= 0.6 is 0 Å². The average molecular weight is 436 g/mol. The lowest BCUT2D eigenvalue weighted by molar-refractivity contribution is 0.0949. The summed E-state index contributed by atoms with van der Waals surface area (Å²) in [5.74, 6) is 1.58. The van der Waals surface area contributed by atoms with Crippen LogP contribution in [0, 0.1) is 11.7 Å². The molecule has 2 aromatic carbocycles. The number of halogens is 1. The first-order valence-electron chi connectivity index (χ1n) is 11.2. The lowest BCUT2D eigenvalue weighted by Crippen LogP contribution is -2.28. The lowest BCUT2D eigenvalue weighted by Gasteiger charge is -2.20. The number of fused-ring (bicyclic) bond motifs is 1. The summed E-state index contributed by atoms with van der Waals surface area (Å²) >= 11 is 0. The Morgan fingerprint density at radius 3 is 2.59 bits per heavy atom.